The van der Waals surface area contributed by atoms with E-state index < -0.39 is 0 Å². The van der Waals surface area contributed by atoms with E-state index in [0.717, 1.165) is 54.6 Å². The number of hydrogen-bond acceptors (Lipinski definition) is 10. The molecule has 1 aromatic heterocycles. The first-order valence-corrected chi connectivity index (χ1v) is 13.0. The van der Waals surface area contributed by atoms with Gasteiger partial charge >= 0.3 is 0 Å². The highest BCUT2D eigenvalue weighted by Gasteiger charge is 2.19. The highest BCUT2D eigenvalue weighted by Crippen LogP contribution is 2.23. The third-order valence-electron chi connectivity index (χ3n) is 6.32. The zero-order chi connectivity index (χ0) is 26.0. The van der Waals surface area contributed by atoms with Gasteiger partial charge in [0.15, 0.2) is 5.82 Å². The van der Waals surface area contributed by atoms with Crippen LogP contribution in [0.3, 0.4) is 0 Å². The minimum atomic E-state index is 0.421. The van der Waals surface area contributed by atoms with Crippen LogP contribution in [-0.4, -0.2) is 82.0 Å². The summed E-state index contributed by atoms with van der Waals surface area (Å²) in [4.78, 5) is 13.9. The molecule has 2 saturated heterocycles. The number of nitrogens with zero attached hydrogens (tertiary/aromatic N) is 5. The van der Waals surface area contributed by atoms with Gasteiger partial charge in [0, 0.05) is 37.8 Å². The highest BCUT2D eigenvalue weighted by atomic mass is 16.5. The monoisotopic (exact) mass is 518 g/mol. The quantitative estimate of drug-likeness (QED) is 0.246. The summed E-state index contributed by atoms with van der Waals surface area (Å²) in [5.74, 6) is 3.77. The molecule has 2 aromatic carbocycles. The van der Waals surface area contributed by atoms with Crippen LogP contribution in [0.15, 0.2) is 59.7 Å². The molecule has 10 heteroatoms. The van der Waals surface area contributed by atoms with Gasteiger partial charge in [-0.25, -0.2) is 0 Å². The molecule has 0 atom stereocenters. The summed E-state index contributed by atoms with van der Waals surface area (Å²) >= 11 is 0. The van der Waals surface area contributed by atoms with E-state index in [1.165, 1.54) is 0 Å². The lowest BCUT2D eigenvalue weighted by Crippen LogP contribution is -2.39. The summed E-state index contributed by atoms with van der Waals surface area (Å²) in [5.41, 5.74) is 5.05. The average Bonchev–Trinajstić information content (AvgIpc) is 2.98. The number of hydrazone groups is 1. The van der Waals surface area contributed by atoms with Crippen molar-refractivity contribution < 1.29 is 18.9 Å². The Morgan fingerprint density at radius 1 is 0.842 bits per heavy atom. The minimum absolute atomic E-state index is 0.421. The maximum absolute atomic E-state index is 5.99. The lowest BCUT2D eigenvalue weighted by Gasteiger charge is -2.31. The first-order valence-electron chi connectivity index (χ1n) is 13.0. The molecule has 0 saturated carbocycles. The third-order valence-corrected chi connectivity index (χ3v) is 6.32. The number of aryl methyl sites for hydroxylation is 1. The van der Waals surface area contributed by atoms with Gasteiger partial charge in [0.1, 0.15) is 30.5 Å². The van der Waals surface area contributed by atoms with Crippen LogP contribution in [-0.2, 0) is 9.47 Å². The van der Waals surface area contributed by atoms with Crippen molar-refractivity contribution in [3.05, 3.63) is 65.7 Å². The number of hydrogen-bond donors (Lipinski definition) is 1. The number of rotatable bonds is 10. The van der Waals surface area contributed by atoms with Crippen LogP contribution >= 0.6 is 0 Å². The standard InChI is InChI=1S/C28H34N6O4/c1-22-6-2-4-8-24(22)37-18-19-38-25-9-5-3-7-23(25)21-29-32-26-20-27(33-10-14-35-15-11-33)31-28(30-26)34-12-16-36-17-13-34/h2-9,20-21H,10-19H2,1H3,(H,30,31,32)/b29-21+. The number of ether oxygens (including phenoxy) is 4. The SMILES string of the molecule is Cc1ccccc1OCCOc1ccccc1/C=N/Nc1cc(N2CCOCC2)nc(N2CCOCC2)n1. The largest absolute Gasteiger partial charge is 0.490 e. The number of para-hydroxylation sites is 2. The summed E-state index contributed by atoms with van der Waals surface area (Å²) < 4.78 is 22.9. The van der Waals surface area contributed by atoms with Crippen LogP contribution in [0.5, 0.6) is 11.5 Å². The third kappa shape index (κ3) is 6.90. The lowest BCUT2D eigenvalue weighted by molar-refractivity contribution is 0.121. The summed E-state index contributed by atoms with van der Waals surface area (Å²) in [6.45, 7) is 8.70. The number of anilines is 3. The van der Waals surface area contributed by atoms with Crippen LogP contribution in [0.2, 0.25) is 0 Å². The van der Waals surface area contributed by atoms with Crippen molar-refractivity contribution in [1.29, 1.82) is 0 Å². The van der Waals surface area contributed by atoms with Crippen molar-refractivity contribution in [2.75, 3.05) is 81.0 Å². The number of nitrogens with one attached hydrogen (secondary N) is 1. The second-order valence-corrected chi connectivity index (χ2v) is 8.98. The van der Waals surface area contributed by atoms with Gasteiger partial charge in [0.2, 0.25) is 5.95 Å². The number of aromatic nitrogens is 2. The zero-order valence-electron chi connectivity index (χ0n) is 21.7. The van der Waals surface area contributed by atoms with E-state index in [-0.39, 0.29) is 0 Å². The van der Waals surface area contributed by atoms with Gasteiger partial charge in [-0.15, -0.1) is 0 Å². The Kier molecular flexibility index (Phi) is 8.85. The zero-order valence-corrected chi connectivity index (χ0v) is 21.7. The Morgan fingerprint density at radius 3 is 2.21 bits per heavy atom. The lowest BCUT2D eigenvalue weighted by atomic mass is 10.2. The molecule has 0 spiro atoms. The van der Waals surface area contributed by atoms with E-state index in [1.54, 1.807) is 6.21 Å². The van der Waals surface area contributed by atoms with Gasteiger partial charge < -0.3 is 28.7 Å². The summed E-state index contributed by atoms with van der Waals surface area (Å²) in [7, 11) is 0. The summed E-state index contributed by atoms with van der Waals surface area (Å²) in [5, 5.41) is 4.47. The topological polar surface area (TPSA) is 93.6 Å². The minimum Gasteiger partial charge on any atom is -0.490 e. The fourth-order valence-electron chi connectivity index (χ4n) is 4.25. The number of morpholine rings is 2. The molecule has 0 aliphatic carbocycles. The Labute approximate surface area is 223 Å². The van der Waals surface area contributed by atoms with E-state index in [0.29, 0.717) is 51.4 Å². The summed E-state index contributed by atoms with van der Waals surface area (Å²) in [6.07, 6.45) is 1.74. The van der Waals surface area contributed by atoms with Gasteiger partial charge in [-0.05, 0) is 30.7 Å². The fraction of sp³-hybridized carbons (Fsp3) is 0.393. The van der Waals surface area contributed by atoms with Crippen molar-refractivity contribution in [2.24, 2.45) is 5.10 Å². The second kappa shape index (κ2) is 13.1. The molecule has 5 rings (SSSR count). The molecule has 200 valence electrons. The molecule has 3 heterocycles. The molecule has 38 heavy (non-hydrogen) atoms. The molecule has 2 aliphatic rings. The van der Waals surface area contributed by atoms with Crippen LogP contribution in [0.25, 0.3) is 0 Å². The predicted molar refractivity (Wildman–Crippen MR) is 148 cm³/mol. The van der Waals surface area contributed by atoms with Gasteiger partial charge in [-0.2, -0.15) is 15.1 Å². The molecule has 0 radical (unpaired) electrons. The second-order valence-electron chi connectivity index (χ2n) is 8.98. The predicted octanol–water partition coefficient (Wildman–Crippen LogP) is 3.36. The maximum atomic E-state index is 5.99. The van der Waals surface area contributed by atoms with E-state index in [4.69, 9.17) is 28.9 Å². The molecule has 1 N–H and O–H groups in total. The van der Waals surface area contributed by atoms with E-state index >= 15 is 0 Å². The molecule has 0 unspecified atom stereocenters. The van der Waals surface area contributed by atoms with Crippen molar-refractivity contribution >= 4 is 23.8 Å². The maximum Gasteiger partial charge on any atom is 0.229 e. The molecular weight excluding hydrogens is 484 g/mol. The molecule has 3 aromatic rings. The molecule has 0 amide bonds. The highest BCUT2D eigenvalue weighted by molar-refractivity contribution is 5.84. The van der Waals surface area contributed by atoms with Crippen LogP contribution < -0.4 is 24.7 Å². The molecule has 10 nitrogen and oxygen atoms in total. The smallest absolute Gasteiger partial charge is 0.229 e. The molecule has 2 aliphatic heterocycles. The van der Waals surface area contributed by atoms with E-state index in [2.05, 4.69) is 20.3 Å². The molecule has 2 fully saturated rings. The molecule has 0 bridgehead atoms. The molecular formula is C28H34N6O4. The summed E-state index contributed by atoms with van der Waals surface area (Å²) in [6, 6.07) is 17.7. The van der Waals surface area contributed by atoms with Gasteiger partial charge in [-0.3, -0.25) is 5.43 Å². The van der Waals surface area contributed by atoms with E-state index in [9.17, 15) is 0 Å². The van der Waals surface area contributed by atoms with Gasteiger partial charge in [0.25, 0.3) is 0 Å². The van der Waals surface area contributed by atoms with Crippen LogP contribution in [0.4, 0.5) is 17.6 Å². The fourth-order valence-corrected chi connectivity index (χ4v) is 4.25. The first kappa shape index (κ1) is 25.7. The Hall–Kier alpha value is -3.89. The number of benzene rings is 2. The normalized spacial score (nSPS) is 16.0. The van der Waals surface area contributed by atoms with Crippen LogP contribution in [0.1, 0.15) is 11.1 Å². The van der Waals surface area contributed by atoms with E-state index in [1.807, 2.05) is 61.5 Å². The van der Waals surface area contributed by atoms with Gasteiger partial charge in [0.05, 0.1) is 32.6 Å². The Morgan fingerprint density at radius 2 is 1.47 bits per heavy atom. The van der Waals surface area contributed by atoms with Crippen molar-refractivity contribution in [1.82, 2.24) is 9.97 Å². The van der Waals surface area contributed by atoms with Crippen molar-refractivity contribution in [3.8, 4) is 11.5 Å². The Balaban J connectivity index is 1.24. The van der Waals surface area contributed by atoms with Gasteiger partial charge in [-0.1, -0.05) is 30.3 Å². The average molecular weight is 519 g/mol. The first-order chi connectivity index (χ1) is 18.8. The Bertz CT molecular complexity index is 1180. The van der Waals surface area contributed by atoms with Crippen molar-refractivity contribution in [2.45, 2.75) is 6.92 Å². The van der Waals surface area contributed by atoms with Crippen molar-refractivity contribution in [3.63, 3.8) is 0 Å². The van der Waals surface area contributed by atoms with Crippen LogP contribution in [0, 0.1) is 6.92 Å².